The van der Waals surface area contributed by atoms with Crippen molar-refractivity contribution in [3.63, 3.8) is 0 Å². The Kier molecular flexibility index (Phi) is 6.30. The fraction of sp³-hybridized carbons (Fsp3) is 0.545. The van der Waals surface area contributed by atoms with E-state index in [0.717, 1.165) is 24.1 Å². The summed E-state index contributed by atoms with van der Waals surface area (Å²) in [7, 11) is -1.75. The van der Waals surface area contributed by atoms with Crippen LogP contribution in [0.3, 0.4) is 0 Å². The lowest BCUT2D eigenvalue weighted by Gasteiger charge is -2.30. The van der Waals surface area contributed by atoms with Crippen molar-refractivity contribution in [2.24, 2.45) is 0 Å². The van der Waals surface area contributed by atoms with Crippen molar-refractivity contribution in [1.29, 1.82) is 0 Å². The first-order valence-corrected chi connectivity index (χ1v) is 12.0. The van der Waals surface area contributed by atoms with Gasteiger partial charge in [-0.25, -0.2) is 14.3 Å². The van der Waals surface area contributed by atoms with Crippen LogP contribution in [-0.2, 0) is 20.3 Å². The number of H-pyrrole nitrogens is 1. The summed E-state index contributed by atoms with van der Waals surface area (Å²) in [6, 6.07) is 1.89. The standard InChI is InChI=1S/C22H30N5O5P/c1-21(2,3)31-33(32-22(4,5)6)30-13-26-12-16(19(28)24-20(26)29)17-11-15(14-7-8-14)18-23-9-10-27(18)25-17/h9-12,14H,7-8,13H2,1-6H3,(H,24,28,29). The van der Waals surface area contributed by atoms with Crippen LogP contribution in [0.2, 0.25) is 0 Å². The maximum Gasteiger partial charge on any atom is 0.335 e. The van der Waals surface area contributed by atoms with Gasteiger partial charge in [0.15, 0.2) is 5.65 Å². The van der Waals surface area contributed by atoms with Crippen LogP contribution >= 0.6 is 8.60 Å². The van der Waals surface area contributed by atoms with Crippen LogP contribution in [0, 0.1) is 0 Å². The molecule has 4 rings (SSSR count). The summed E-state index contributed by atoms with van der Waals surface area (Å²) in [4.78, 5) is 31.9. The smallest absolute Gasteiger partial charge is 0.306 e. The molecule has 0 radical (unpaired) electrons. The molecule has 3 heterocycles. The minimum atomic E-state index is -1.75. The molecule has 0 aromatic carbocycles. The highest BCUT2D eigenvalue weighted by Gasteiger charge is 2.29. The Balaban J connectivity index is 1.64. The van der Waals surface area contributed by atoms with E-state index in [9.17, 15) is 9.59 Å². The second-order valence-electron chi connectivity index (χ2n) is 10.1. The lowest BCUT2D eigenvalue weighted by Crippen LogP contribution is -2.31. The summed E-state index contributed by atoms with van der Waals surface area (Å²) in [5.41, 5.74) is 0.492. The van der Waals surface area contributed by atoms with Gasteiger partial charge >= 0.3 is 14.3 Å². The van der Waals surface area contributed by atoms with Crippen molar-refractivity contribution in [3.05, 3.63) is 51.1 Å². The molecule has 0 unspecified atom stereocenters. The molecule has 0 bridgehead atoms. The Bertz CT molecular complexity index is 1250. The maximum atomic E-state index is 12.7. The highest BCUT2D eigenvalue weighted by atomic mass is 31.2. The van der Waals surface area contributed by atoms with Gasteiger partial charge in [-0.1, -0.05) is 0 Å². The van der Waals surface area contributed by atoms with Gasteiger partial charge in [-0.2, -0.15) is 5.10 Å². The molecule has 0 aliphatic heterocycles. The molecule has 10 nitrogen and oxygen atoms in total. The number of hydrogen-bond acceptors (Lipinski definition) is 7. The summed E-state index contributed by atoms with van der Waals surface area (Å²) in [6.45, 7) is 11.3. The van der Waals surface area contributed by atoms with E-state index in [-0.39, 0.29) is 12.3 Å². The third-order valence-corrected chi connectivity index (χ3v) is 6.41. The molecule has 0 spiro atoms. The third kappa shape index (κ3) is 5.95. The quantitative estimate of drug-likeness (QED) is 0.515. The van der Waals surface area contributed by atoms with Gasteiger partial charge in [-0.05, 0) is 66.4 Å². The highest BCUT2D eigenvalue weighted by Crippen LogP contribution is 2.47. The minimum Gasteiger partial charge on any atom is -0.306 e. The fourth-order valence-electron chi connectivity index (χ4n) is 3.18. The predicted octanol–water partition coefficient (Wildman–Crippen LogP) is 3.95. The Hall–Kier alpha value is -2.39. The van der Waals surface area contributed by atoms with Crippen LogP contribution in [0.15, 0.2) is 34.2 Å². The topological polar surface area (TPSA) is 113 Å². The normalized spacial score (nSPS) is 15.0. The molecule has 1 fully saturated rings. The first-order valence-electron chi connectivity index (χ1n) is 10.9. The summed E-state index contributed by atoms with van der Waals surface area (Å²) in [6.07, 6.45) is 7.06. The molecule has 1 N–H and O–H groups in total. The van der Waals surface area contributed by atoms with Crippen LogP contribution < -0.4 is 11.2 Å². The zero-order valence-corrected chi connectivity index (χ0v) is 20.7. The van der Waals surface area contributed by atoms with Crippen LogP contribution in [-0.4, -0.2) is 35.4 Å². The van der Waals surface area contributed by atoms with Crippen LogP contribution in [0.4, 0.5) is 0 Å². The van der Waals surface area contributed by atoms with Crippen molar-refractivity contribution >= 4 is 14.2 Å². The molecule has 0 saturated heterocycles. The first-order chi connectivity index (χ1) is 15.4. The Morgan fingerprint density at radius 3 is 2.39 bits per heavy atom. The molecular weight excluding hydrogens is 445 g/mol. The number of aromatic amines is 1. The Morgan fingerprint density at radius 1 is 1.12 bits per heavy atom. The molecule has 0 amide bonds. The van der Waals surface area contributed by atoms with E-state index in [1.807, 2.05) is 47.6 Å². The minimum absolute atomic E-state index is 0.150. The number of imidazole rings is 1. The third-order valence-electron chi connectivity index (χ3n) is 4.69. The van der Waals surface area contributed by atoms with Crippen molar-refractivity contribution in [3.8, 4) is 11.3 Å². The lowest BCUT2D eigenvalue weighted by atomic mass is 10.1. The summed E-state index contributed by atoms with van der Waals surface area (Å²) in [5.74, 6) is 0.414. The first kappa shape index (κ1) is 23.8. The second kappa shape index (κ2) is 8.76. The lowest BCUT2D eigenvalue weighted by molar-refractivity contribution is 0.0230. The molecule has 1 aliphatic rings. The fourth-order valence-corrected chi connectivity index (χ4v) is 4.44. The Labute approximate surface area is 192 Å². The van der Waals surface area contributed by atoms with E-state index < -0.39 is 31.1 Å². The molecular formula is C22H30N5O5P. The highest BCUT2D eigenvalue weighted by molar-refractivity contribution is 7.41. The van der Waals surface area contributed by atoms with Crippen molar-refractivity contribution in [1.82, 2.24) is 24.1 Å². The average Bonchev–Trinajstić information content (AvgIpc) is 3.41. The van der Waals surface area contributed by atoms with E-state index in [0.29, 0.717) is 11.6 Å². The summed E-state index contributed by atoms with van der Waals surface area (Å²) < 4.78 is 20.6. The van der Waals surface area contributed by atoms with E-state index in [1.165, 1.54) is 10.8 Å². The molecule has 11 heteroatoms. The zero-order valence-electron chi connectivity index (χ0n) is 19.8. The number of hydrogen-bond donors (Lipinski definition) is 1. The van der Waals surface area contributed by atoms with Crippen molar-refractivity contribution in [2.75, 3.05) is 0 Å². The predicted molar refractivity (Wildman–Crippen MR) is 125 cm³/mol. The molecule has 3 aromatic heterocycles. The van der Waals surface area contributed by atoms with Crippen LogP contribution in [0.1, 0.15) is 65.9 Å². The zero-order chi connectivity index (χ0) is 24.0. The SMILES string of the molecule is CC(C)(C)OP(OCn1cc(-c2cc(C3CC3)c3nccn3n2)c(=O)[nH]c1=O)OC(C)(C)C. The summed E-state index contributed by atoms with van der Waals surface area (Å²) >= 11 is 0. The molecule has 3 aromatic rings. The largest absolute Gasteiger partial charge is 0.335 e. The van der Waals surface area contributed by atoms with Crippen LogP contribution in [0.5, 0.6) is 0 Å². The summed E-state index contributed by atoms with van der Waals surface area (Å²) in [5, 5.41) is 4.53. The molecule has 33 heavy (non-hydrogen) atoms. The molecule has 0 atom stereocenters. The average molecular weight is 475 g/mol. The monoisotopic (exact) mass is 475 g/mol. The second-order valence-corrected chi connectivity index (χ2v) is 11.2. The number of rotatable bonds is 7. The Morgan fingerprint density at radius 2 is 1.79 bits per heavy atom. The van der Waals surface area contributed by atoms with E-state index >= 15 is 0 Å². The maximum absolute atomic E-state index is 12.7. The van der Waals surface area contributed by atoms with Gasteiger partial charge in [0.25, 0.3) is 5.56 Å². The van der Waals surface area contributed by atoms with Gasteiger partial charge < -0.3 is 9.05 Å². The van der Waals surface area contributed by atoms with Gasteiger partial charge in [-0.15, -0.1) is 0 Å². The number of fused-ring (bicyclic) bond motifs is 1. The van der Waals surface area contributed by atoms with Crippen LogP contribution in [0.25, 0.3) is 16.9 Å². The number of nitrogens with zero attached hydrogens (tertiary/aromatic N) is 4. The van der Waals surface area contributed by atoms with Crippen molar-refractivity contribution in [2.45, 2.75) is 78.2 Å². The van der Waals surface area contributed by atoms with Gasteiger partial charge in [0.1, 0.15) is 6.73 Å². The van der Waals surface area contributed by atoms with Gasteiger partial charge in [0.05, 0.1) is 22.5 Å². The van der Waals surface area contributed by atoms with E-state index in [1.54, 1.807) is 16.9 Å². The number of aromatic nitrogens is 5. The van der Waals surface area contributed by atoms with E-state index in [4.69, 9.17) is 13.6 Å². The van der Waals surface area contributed by atoms with E-state index in [2.05, 4.69) is 15.1 Å². The molecule has 1 aliphatic carbocycles. The van der Waals surface area contributed by atoms with Gasteiger partial charge in [0, 0.05) is 24.2 Å². The van der Waals surface area contributed by atoms with Gasteiger partial charge in [-0.3, -0.25) is 18.9 Å². The van der Waals surface area contributed by atoms with Gasteiger partial charge in [0.2, 0.25) is 0 Å². The van der Waals surface area contributed by atoms with Crippen molar-refractivity contribution < 1.29 is 13.6 Å². The molecule has 1 saturated carbocycles. The number of nitrogens with one attached hydrogen (secondary N) is 1. The molecule has 178 valence electrons.